The van der Waals surface area contributed by atoms with Gasteiger partial charge in [-0.25, -0.2) is 4.79 Å². The van der Waals surface area contributed by atoms with Gasteiger partial charge >= 0.3 is 6.03 Å². The van der Waals surface area contributed by atoms with Crippen LogP contribution in [0.5, 0.6) is 5.75 Å². The van der Waals surface area contributed by atoms with Crippen molar-refractivity contribution in [2.75, 3.05) is 26.3 Å². The number of ether oxygens (including phenoxy) is 2. The van der Waals surface area contributed by atoms with Crippen LogP contribution in [0.25, 0.3) is 0 Å². The number of aryl methyl sites for hydroxylation is 1. The standard InChI is InChI=1S/C21H29N3O4/c25-20(23-17-5-6-17)8-4-15-3-7-19-16(12-15)14-24(9-11-28-19)21(26)22-13-18-2-1-10-27-18/h3,7,12,17-18H,1-2,4-6,8-11,13-14H2,(H,22,26)(H,23,25). The predicted octanol–water partition coefficient (Wildman–Crippen LogP) is 1.98. The fourth-order valence-corrected chi connectivity index (χ4v) is 3.68. The Morgan fingerprint density at radius 1 is 1.18 bits per heavy atom. The first kappa shape index (κ1) is 19.1. The number of carbonyl (C=O) groups excluding carboxylic acids is 2. The summed E-state index contributed by atoms with van der Waals surface area (Å²) in [6.07, 6.45) is 5.59. The van der Waals surface area contributed by atoms with Crippen LogP contribution in [0.1, 0.15) is 43.2 Å². The van der Waals surface area contributed by atoms with Crippen LogP contribution in [-0.4, -0.2) is 55.3 Å². The van der Waals surface area contributed by atoms with E-state index in [2.05, 4.69) is 16.7 Å². The molecule has 2 aliphatic heterocycles. The first-order valence-electron chi connectivity index (χ1n) is 10.4. The Hall–Kier alpha value is -2.28. The van der Waals surface area contributed by atoms with Crippen molar-refractivity contribution in [3.05, 3.63) is 29.3 Å². The number of hydrogen-bond donors (Lipinski definition) is 2. The number of amides is 3. The van der Waals surface area contributed by atoms with Gasteiger partial charge in [0.1, 0.15) is 12.4 Å². The maximum atomic E-state index is 12.6. The quantitative estimate of drug-likeness (QED) is 0.782. The molecule has 0 spiro atoms. The molecule has 3 aliphatic rings. The highest BCUT2D eigenvalue weighted by Crippen LogP contribution is 2.25. The molecular weight excluding hydrogens is 358 g/mol. The molecule has 152 valence electrons. The van der Waals surface area contributed by atoms with Gasteiger partial charge in [-0.2, -0.15) is 0 Å². The van der Waals surface area contributed by atoms with Gasteiger partial charge in [0.2, 0.25) is 5.91 Å². The number of fused-ring (bicyclic) bond motifs is 1. The van der Waals surface area contributed by atoms with E-state index in [0.29, 0.717) is 45.1 Å². The Kier molecular flexibility index (Phi) is 6.00. The summed E-state index contributed by atoms with van der Waals surface area (Å²) in [4.78, 5) is 26.3. The van der Waals surface area contributed by atoms with Gasteiger partial charge in [0.15, 0.2) is 0 Å². The van der Waals surface area contributed by atoms with Crippen LogP contribution in [0.2, 0.25) is 0 Å². The van der Waals surface area contributed by atoms with Crippen molar-refractivity contribution in [2.45, 2.75) is 57.2 Å². The Balaban J connectivity index is 1.32. The highest BCUT2D eigenvalue weighted by atomic mass is 16.5. The second-order valence-electron chi connectivity index (χ2n) is 7.87. The van der Waals surface area contributed by atoms with Gasteiger partial charge in [-0.1, -0.05) is 12.1 Å². The average molecular weight is 387 g/mol. The smallest absolute Gasteiger partial charge is 0.317 e. The topological polar surface area (TPSA) is 79.9 Å². The van der Waals surface area contributed by atoms with E-state index in [1.165, 1.54) is 0 Å². The Bertz CT molecular complexity index is 714. The highest BCUT2D eigenvalue weighted by molar-refractivity contribution is 5.77. The van der Waals surface area contributed by atoms with E-state index in [-0.39, 0.29) is 18.0 Å². The van der Waals surface area contributed by atoms with Crippen LogP contribution in [0.15, 0.2) is 18.2 Å². The van der Waals surface area contributed by atoms with E-state index in [0.717, 1.165) is 49.2 Å². The fourth-order valence-electron chi connectivity index (χ4n) is 3.68. The molecule has 28 heavy (non-hydrogen) atoms. The molecule has 1 unspecified atom stereocenters. The maximum Gasteiger partial charge on any atom is 0.317 e. The molecule has 3 amide bonds. The minimum absolute atomic E-state index is 0.0823. The molecule has 1 saturated heterocycles. The van der Waals surface area contributed by atoms with E-state index in [1.807, 2.05) is 12.1 Å². The van der Waals surface area contributed by atoms with E-state index in [4.69, 9.17) is 9.47 Å². The third kappa shape index (κ3) is 5.16. The molecule has 4 rings (SSSR count). The van der Waals surface area contributed by atoms with Crippen LogP contribution >= 0.6 is 0 Å². The van der Waals surface area contributed by atoms with Crippen LogP contribution < -0.4 is 15.4 Å². The molecule has 1 aromatic carbocycles. The largest absolute Gasteiger partial charge is 0.491 e. The minimum Gasteiger partial charge on any atom is -0.491 e. The molecule has 1 saturated carbocycles. The molecule has 2 N–H and O–H groups in total. The Morgan fingerprint density at radius 2 is 2.07 bits per heavy atom. The zero-order chi connectivity index (χ0) is 19.3. The van der Waals surface area contributed by atoms with Crippen LogP contribution in [0.4, 0.5) is 4.79 Å². The molecule has 7 nitrogen and oxygen atoms in total. The minimum atomic E-state index is -0.0823. The SMILES string of the molecule is O=C(CCc1ccc2c(c1)CN(C(=O)NCC1CCCO1)CCO2)NC1CC1. The number of nitrogens with zero attached hydrogens (tertiary/aromatic N) is 1. The van der Waals surface area contributed by atoms with Gasteiger partial charge in [0.25, 0.3) is 0 Å². The summed E-state index contributed by atoms with van der Waals surface area (Å²) < 4.78 is 11.4. The number of urea groups is 1. The molecule has 2 heterocycles. The molecule has 2 fully saturated rings. The van der Waals surface area contributed by atoms with Crippen molar-refractivity contribution >= 4 is 11.9 Å². The van der Waals surface area contributed by atoms with Crippen molar-refractivity contribution < 1.29 is 19.1 Å². The number of benzene rings is 1. The Labute approximate surface area is 165 Å². The lowest BCUT2D eigenvalue weighted by Crippen LogP contribution is -2.43. The third-order valence-electron chi connectivity index (χ3n) is 5.48. The molecule has 1 atom stereocenters. The van der Waals surface area contributed by atoms with Gasteiger partial charge in [0, 0.05) is 31.2 Å². The first-order chi connectivity index (χ1) is 13.7. The number of hydrogen-bond acceptors (Lipinski definition) is 4. The van der Waals surface area contributed by atoms with Crippen LogP contribution in [0.3, 0.4) is 0 Å². The van der Waals surface area contributed by atoms with Crippen molar-refractivity contribution in [3.8, 4) is 5.75 Å². The van der Waals surface area contributed by atoms with Crippen molar-refractivity contribution in [2.24, 2.45) is 0 Å². The van der Waals surface area contributed by atoms with E-state index < -0.39 is 0 Å². The van der Waals surface area contributed by atoms with Crippen molar-refractivity contribution in [1.29, 1.82) is 0 Å². The van der Waals surface area contributed by atoms with Gasteiger partial charge in [-0.3, -0.25) is 4.79 Å². The van der Waals surface area contributed by atoms with Gasteiger partial charge < -0.3 is 25.0 Å². The van der Waals surface area contributed by atoms with Crippen LogP contribution in [0, 0.1) is 0 Å². The van der Waals surface area contributed by atoms with Crippen molar-refractivity contribution in [1.82, 2.24) is 15.5 Å². The summed E-state index contributed by atoms with van der Waals surface area (Å²) in [5.74, 6) is 0.935. The second kappa shape index (κ2) is 8.82. The Morgan fingerprint density at radius 3 is 2.86 bits per heavy atom. The second-order valence-corrected chi connectivity index (χ2v) is 7.87. The van der Waals surface area contributed by atoms with Gasteiger partial charge in [0.05, 0.1) is 19.2 Å². The fraction of sp³-hybridized carbons (Fsp3) is 0.619. The van der Waals surface area contributed by atoms with E-state index in [9.17, 15) is 9.59 Å². The normalized spacial score (nSPS) is 21.4. The summed E-state index contributed by atoms with van der Waals surface area (Å²) >= 11 is 0. The summed E-state index contributed by atoms with van der Waals surface area (Å²) in [7, 11) is 0. The number of rotatable bonds is 6. The maximum absolute atomic E-state index is 12.6. The lowest BCUT2D eigenvalue weighted by molar-refractivity contribution is -0.121. The van der Waals surface area contributed by atoms with Gasteiger partial charge in [-0.15, -0.1) is 0 Å². The first-order valence-corrected chi connectivity index (χ1v) is 10.4. The lowest BCUT2D eigenvalue weighted by Gasteiger charge is -2.21. The average Bonchev–Trinajstić information content (AvgIpc) is 3.40. The summed E-state index contributed by atoms with van der Waals surface area (Å²) in [5, 5.41) is 6.01. The van der Waals surface area contributed by atoms with Crippen molar-refractivity contribution in [3.63, 3.8) is 0 Å². The zero-order valence-corrected chi connectivity index (χ0v) is 16.2. The molecule has 1 aliphatic carbocycles. The highest BCUT2D eigenvalue weighted by Gasteiger charge is 2.24. The monoisotopic (exact) mass is 387 g/mol. The number of carbonyl (C=O) groups is 2. The molecule has 0 aromatic heterocycles. The van der Waals surface area contributed by atoms with E-state index >= 15 is 0 Å². The molecule has 0 radical (unpaired) electrons. The summed E-state index contributed by atoms with van der Waals surface area (Å²) in [5.41, 5.74) is 2.08. The predicted molar refractivity (Wildman–Crippen MR) is 104 cm³/mol. The molecular formula is C21H29N3O4. The van der Waals surface area contributed by atoms with Gasteiger partial charge in [-0.05, 0) is 43.7 Å². The molecule has 0 bridgehead atoms. The van der Waals surface area contributed by atoms with Crippen LogP contribution in [-0.2, 0) is 22.5 Å². The molecule has 7 heteroatoms. The zero-order valence-electron chi connectivity index (χ0n) is 16.2. The summed E-state index contributed by atoms with van der Waals surface area (Å²) in [6, 6.07) is 6.34. The third-order valence-corrected chi connectivity index (χ3v) is 5.48. The summed E-state index contributed by atoms with van der Waals surface area (Å²) in [6.45, 7) is 2.87. The number of nitrogens with one attached hydrogen (secondary N) is 2. The molecule has 1 aromatic rings. The lowest BCUT2D eigenvalue weighted by atomic mass is 10.0. The van der Waals surface area contributed by atoms with E-state index in [1.54, 1.807) is 4.90 Å².